The standard InChI is InChI=1S/C15H30N2O2/c1-3-4-7-10-16-15(19)13(2)17-11-8-5-6-9-14(17)12-18/h13-14,18H,3-12H2,1-2H3,(H,16,19). The van der Waals surface area contributed by atoms with Crippen molar-refractivity contribution in [1.82, 2.24) is 10.2 Å². The number of hydrogen-bond acceptors (Lipinski definition) is 3. The number of rotatable bonds is 7. The van der Waals surface area contributed by atoms with Crippen LogP contribution in [0, 0.1) is 0 Å². The van der Waals surface area contributed by atoms with Crippen LogP contribution in [0.1, 0.15) is 58.8 Å². The number of unbranched alkanes of at least 4 members (excludes halogenated alkanes) is 2. The predicted molar refractivity (Wildman–Crippen MR) is 78.0 cm³/mol. The summed E-state index contributed by atoms with van der Waals surface area (Å²) in [5.41, 5.74) is 0. The summed E-state index contributed by atoms with van der Waals surface area (Å²) in [5.74, 6) is 0.108. The lowest BCUT2D eigenvalue weighted by molar-refractivity contribution is -0.127. The molecule has 2 N–H and O–H groups in total. The van der Waals surface area contributed by atoms with Gasteiger partial charge in [0.2, 0.25) is 5.91 Å². The van der Waals surface area contributed by atoms with Crippen LogP contribution in [0.25, 0.3) is 0 Å². The first-order valence-corrected chi connectivity index (χ1v) is 7.85. The Morgan fingerprint density at radius 2 is 2.16 bits per heavy atom. The molecule has 0 aromatic rings. The molecule has 1 aliphatic rings. The number of aliphatic hydroxyl groups excluding tert-OH is 1. The summed E-state index contributed by atoms with van der Waals surface area (Å²) in [6.07, 6.45) is 7.89. The molecule has 4 nitrogen and oxygen atoms in total. The van der Waals surface area contributed by atoms with Gasteiger partial charge in [0.25, 0.3) is 0 Å². The molecule has 0 bridgehead atoms. The van der Waals surface area contributed by atoms with Gasteiger partial charge in [-0.1, -0.05) is 32.6 Å². The van der Waals surface area contributed by atoms with Crippen molar-refractivity contribution in [2.75, 3.05) is 19.7 Å². The van der Waals surface area contributed by atoms with Crippen LogP contribution in [-0.4, -0.2) is 47.7 Å². The van der Waals surface area contributed by atoms with E-state index in [4.69, 9.17) is 0 Å². The molecule has 0 aromatic carbocycles. The largest absolute Gasteiger partial charge is 0.395 e. The van der Waals surface area contributed by atoms with Gasteiger partial charge in [0.15, 0.2) is 0 Å². The number of carbonyl (C=O) groups excluding carboxylic acids is 1. The first-order valence-electron chi connectivity index (χ1n) is 7.85. The van der Waals surface area contributed by atoms with Gasteiger partial charge in [0.05, 0.1) is 12.6 Å². The first-order chi connectivity index (χ1) is 9.20. The summed E-state index contributed by atoms with van der Waals surface area (Å²) >= 11 is 0. The van der Waals surface area contributed by atoms with Gasteiger partial charge in [0, 0.05) is 12.6 Å². The third-order valence-corrected chi connectivity index (χ3v) is 4.09. The minimum atomic E-state index is -0.128. The van der Waals surface area contributed by atoms with Gasteiger partial charge < -0.3 is 10.4 Å². The van der Waals surface area contributed by atoms with Gasteiger partial charge in [-0.25, -0.2) is 0 Å². The third kappa shape index (κ3) is 5.49. The Morgan fingerprint density at radius 1 is 1.37 bits per heavy atom. The predicted octanol–water partition coefficient (Wildman–Crippen LogP) is 1.92. The molecule has 0 spiro atoms. The lowest BCUT2D eigenvalue weighted by atomic mass is 10.1. The van der Waals surface area contributed by atoms with Crippen molar-refractivity contribution >= 4 is 5.91 Å². The van der Waals surface area contributed by atoms with Crippen LogP contribution in [0.2, 0.25) is 0 Å². The minimum Gasteiger partial charge on any atom is -0.395 e. The van der Waals surface area contributed by atoms with Crippen molar-refractivity contribution in [2.45, 2.75) is 70.9 Å². The summed E-state index contributed by atoms with van der Waals surface area (Å²) in [4.78, 5) is 14.3. The van der Waals surface area contributed by atoms with Crippen molar-refractivity contribution in [3.63, 3.8) is 0 Å². The smallest absolute Gasteiger partial charge is 0.237 e. The van der Waals surface area contributed by atoms with Crippen molar-refractivity contribution in [3.8, 4) is 0 Å². The van der Waals surface area contributed by atoms with E-state index in [9.17, 15) is 9.90 Å². The number of amides is 1. The number of carbonyl (C=O) groups is 1. The molecule has 2 unspecified atom stereocenters. The molecule has 4 heteroatoms. The molecule has 1 heterocycles. The van der Waals surface area contributed by atoms with E-state index in [1.165, 1.54) is 12.8 Å². The molecule has 1 saturated heterocycles. The molecule has 0 radical (unpaired) electrons. The normalized spacial score (nSPS) is 22.8. The summed E-state index contributed by atoms with van der Waals surface area (Å²) in [7, 11) is 0. The third-order valence-electron chi connectivity index (χ3n) is 4.09. The second-order valence-corrected chi connectivity index (χ2v) is 5.60. The van der Waals surface area contributed by atoms with E-state index in [2.05, 4.69) is 17.1 Å². The van der Waals surface area contributed by atoms with Gasteiger partial charge in [-0.3, -0.25) is 9.69 Å². The van der Waals surface area contributed by atoms with Gasteiger partial charge >= 0.3 is 0 Å². The molecule has 1 fully saturated rings. The molecule has 0 aliphatic carbocycles. The first kappa shape index (κ1) is 16.4. The van der Waals surface area contributed by atoms with E-state index >= 15 is 0 Å². The fourth-order valence-corrected chi connectivity index (χ4v) is 2.79. The van der Waals surface area contributed by atoms with Crippen molar-refractivity contribution in [3.05, 3.63) is 0 Å². The molecule has 112 valence electrons. The van der Waals surface area contributed by atoms with Crippen LogP contribution in [0.3, 0.4) is 0 Å². The van der Waals surface area contributed by atoms with E-state index in [0.29, 0.717) is 0 Å². The highest BCUT2D eigenvalue weighted by Gasteiger charge is 2.28. The maximum Gasteiger partial charge on any atom is 0.237 e. The number of hydrogen-bond donors (Lipinski definition) is 2. The minimum absolute atomic E-state index is 0.108. The molecule has 1 aliphatic heterocycles. The van der Waals surface area contributed by atoms with Gasteiger partial charge in [-0.2, -0.15) is 0 Å². The molecular formula is C15H30N2O2. The molecule has 19 heavy (non-hydrogen) atoms. The molecular weight excluding hydrogens is 240 g/mol. The Labute approximate surface area is 117 Å². The fourth-order valence-electron chi connectivity index (χ4n) is 2.79. The van der Waals surface area contributed by atoms with Crippen LogP contribution >= 0.6 is 0 Å². The monoisotopic (exact) mass is 270 g/mol. The van der Waals surface area contributed by atoms with E-state index in [1.54, 1.807) is 0 Å². The fraction of sp³-hybridized carbons (Fsp3) is 0.933. The Hall–Kier alpha value is -0.610. The van der Waals surface area contributed by atoms with Crippen LogP contribution in [0.5, 0.6) is 0 Å². The van der Waals surface area contributed by atoms with E-state index < -0.39 is 0 Å². The highest BCUT2D eigenvalue weighted by molar-refractivity contribution is 5.81. The Morgan fingerprint density at radius 3 is 2.84 bits per heavy atom. The summed E-state index contributed by atoms with van der Waals surface area (Å²) < 4.78 is 0. The van der Waals surface area contributed by atoms with Crippen LogP contribution in [0.15, 0.2) is 0 Å². The average molecular weight is 270 g/mol. The summed E-state index contributed by atoms with van der Waals surface area (Å²) in [6.45, 7) is 5.98. The maximum atomic E-state index is 12.1. The molecule has 1 rings (SSSR count). The van der Waals surface area contributed by atoms with Crippen LogP contribution in [-0.2, 0) is 4.79 Å². The zero-order valence-corrected chi connectivity index (χ0v) is 12.5. The van der Waals surface area contributed by atoms with E-state index in [1.807, 2.05) is 6.92 Å². The number of nitrogens with zero attached hydrogens (tertiary/aromatic N) is 1. The van der Waals surface area contributed by atoms with Gasteiger partial charge in [-0.05, 0) is 32.7 Å². The summed E-state index contributed by atoms with van der Waals surface area (Å²) in [6, 6.07) is 0.0239. The summed E-state index contributed by atoms with van der Waals surface area (Å²) in [5, 5.41) is 12.5. The zero-order valence-electron chi connectivity index (χ0n) is 12.5. The lowest BCUT2D eigenvalue weighted by Crippen LogP contribution is -2.50. The zero-order chi connectivity index (χ0) is 14.1. The Bertz CT molecular complexity index is 259. The Kier molecular flexibility index (Phi) is 8.07. The van der Waals surface area contributed by atoms with Crippen molar-refractivity contribution in [2.24, 2.45) is 0 Å². The number of likely N-dealkylation sites (tertiary alicyclic amines) is 1. The van der Waals surface area contributed by atoms with Crippen LogP contribution < -0.4 is 5.32 Å². The van der Waals surface area contributed by atoms with Crippen LogP contribution in [0.4, 0.5) is 0 Å². The van der Waals surface area contributed by atoms with E-state index in [0.717, 1.165) is 45.2 Å². The second-order valence-electron chi connectivity index (χ2n) is 5.60. The highest BCUT2D eigenvalue weighted by atomic mass is 16.3. The van der Waals surface area contributed by atoms with Gasteiger partial charge in [-0.15, -0.1) is 0 Å². The van der Waals surface area contributed by atoms with Gasteiger partial charge in [0.1, 0.15) is 0 Å². The topological polar surface area (TPSA) is 52.6 Å². The molecule has 0 aromatic heterocycles. The average Bonchev–Trinajstić information content (AvgIpc) is 2.67. The lowest BCUT2D eigenvalue weighted by Gasteiger charge is -2.33. The quantitative estimate of drug-likeness (QED) is 0.695. The van der Waals surface area contributed by atoms with Crippen molar-refractivity contribution in [1.29, 1.82) is 0 Å². The molecule has 0 saturated carbocycles. The SMILES string of the molecule is CCCCCNC(=O)C(C)N1CCCCCC1CO. The molecule has 1 amide bonds. The second kappa shape index (κ2) is 9.32. The van der Waals surface area contributed by atoms with E-state index in [-0.39, 0.29) is 24.6 Å². The molecule has 2 atom stereocenters. The number of nitrogens with one attached hydrogen (secondary N) is 1. The highest BCUT2D eigenvalue weighted by Crippen LogP contribution is 2.19. The van der Waals surface area contributed by atoms with Crippen molar-refractivity contribution < 1.29 is 9.90 Å². The maximum absolute atomic E-state index is 12.1. The Balaban J connectivity index is 2.43. The number of aliphatic hydroxyl groups is 1.